The molecule has 19 heavy (non-hydrogen) atoms. The third kappa shape index (κ3) is 3.49. The SMILES string of the molecule is O=C(NCCO)c1cc(-c2cccc(Cl)c2)ncn1. The van der Waals surface area contributed by atoms with Crippen LogP contribution in [0.15, 0.2) is 36.7 Å². The fourth-order valence-corrected chi connectivity index (χ4v) is 1.74. The van der Waals surface area contributed by atoms with Crippen molar-refractivity contribution < 1.29 is 9.90 Å². The first-order valence-electron chi connectivity index (χ1n) is 5.68. The van der Waals surface area contributed by atoms with Crippen molar-refractivity contribution >= 4 is 17.5 Å². The highest BCUT2D eigenvalue weighted by Crippen LogP contribution is 2.20. The van der Waals surface area contributed by atoms with Gasteiger partial charge in [-0.2, -0.15) is 0 Å². The largest absolute Gasteiger partial charge is 0.395 e. The second-order valence-electron chi connectivity index (χ2n) is 3.78. The number of carbonyl (C=O) groups excluding carboxylic acids is 1. The maximum absolute atomic E-state index is 11.7. The molecular weight excluding hydrogens is 266 g/mol. The minimum atomic E-state index is -0.347. The van der Waals surface area contributed by atoms with Crippen LogP contribution in [0.25, 0.3) is 11.3 Å². The fourth-order valence-electron chi connectivity index (χ4n) is 1.55. The van der Waals surface area contributed by atoms with E-state index in [1.807, 2.05) is 12.1 Å². The molecule has 0 spiro atoms. The first kappa shape index (κ1) is 13.5. The number of aliphatic hydroxyl groups is 1. The van der Waals surface area contributed by atoms with Crippen LogP contribution in [-0.4, -0.2) is 34.1 Å². The zero-order valence-corrected chi connectivity index (χ0v) is 10.8. The van der Waals surface area contributed by atoms with Crippen LogP contribution in [0.4, 0.5) is 0 Å². The summed E-state index contributed by atoms with van der Waals surface area (Å²) in [5, 5.41) is 11.8. The second-order valence-corrected chi connectivity index (χ2v) is 4.21. The molecule has 0 unspecified atom stereocenters. The van der Waals surface area contributed by atoms with Crippen molar-refractivity contribution in [2.45, 2.75) is 0 Å². The number of nitrogens with zero attached hydrogens (tertiary/aromatic N) is 2. The average Bonchev–Trinajstić information content (AvgIpc) is 2.45. The van der Waals surface area contributed by atoms with Gasteiger partial charge < -0.3 is 10.4 Å². The van der Waals surface area contributed by atoms with Crippen LogP contribution in [0.2, 0.25) is 5.02 Å². The maximum Gasteiger partial charge on any atom is 0.270 e. The Hall–Kier alpha value is -1.98. The lowest BCUT2D eigenvalue weighted by Gasteiger charge is -2.05. The molecule has 6 heteroatoms. The molecule has 1 aromatic carbocycles. The van der Waals surface area contributed by atoms with E-state index in [1.54, 1.807) is 18.2 Å². The van der Waals surface area contributed by atoms with Crippen molar-refractivity contribution in [3.8, 4) is 11.3 Å². The van der Waals surface area contributed by atoms with Crippen LogP contribution < -0.4 is 5.32 Å². The summed E-state index contributed by atoms with van der Waals surface area (Å²) in [5.74, 6) is -0.347. The van der Waals surface area contributed by atoms with Crippen LogP contribution in [0.1, 0.15) is 10.5 Å². The van der Waals surface area contributed by atoms with Crippen molar-refractivity contribution in [2.75, 3.05) is 13.2 Å². The van der Waals surface area contributed by atoms with E-state index in [0.29, 0.717) is 10.7 Å². The molecule has 2 N–H and O–H groups in total. The number of aromatic nitrogens is 2. The normalized spacial score (nSPS) is 10.2. The Balaban J connectivity index is 2.26. The number of hydrogen-bond acceptors (Lipinski definition) is 4. The van der Waals surface area contributed by atoms with E-state index in [-0.39, 0.29) is 24.8 Å². The lowest BCUT2D eigenvalue weighted by molar-refractivity contribution is 0.0939. The third-order valence-electron chi connectivity index (χ3n) is 2.42. The Bertz CT molecular complexity index is 590. The van der Waals surface area contributed by atoms with Gasteiger partial charge in [0.2, 0.25) is 0 Å². The van der Waals surface area contributed by atoms with Crippen molar-refractivity contribution in [2.24, 2.45) is 0 Å². The molecule has 98 valence electrons. The number of amides is 1. The molecule has 0 bridgehead atoms. The second kappa shape index (κ2) is 6.26. The summed E-state index contributed by atoms with van der Waals surface area (Å²) in [5.41, 5.74) is 1.68. The van der Waals surface area contributed by atoms with E-state index in [1.165, 1.54) is 6.33 Å². The Morgan fingerprint density at radius 1 is 1.32 bits per heavy atom. The average molecular weight is 278 g/mol. The van der Waals surface area contributed by atoms with E-state index < -0.39 is 0 Å². The van der Waals surface area contributed by atoms with Gasteiger partial charge in [-0.15, -0.1) is 0 Å². The highest BCUT2D eigenvalue weighted by atomic mass is 35.5. The standard InChI is InChI=1S/C13H12ClN3O2/c14-10-3-1-2-9(6-10)11-7-12(17-8-16-11)13(19)15-4-5-18/h1-3,6-8,18H,4-5H2,(H,15,19). The Morgan fingerprint density at radius 2 is 2.16 bits per heavy atom. The van der Waals surface area contributed by atoms with Gasteiger partial charge in [-0.1, -0.05) is 23.7 Å². The molecule has 0 radical (unpaired) electrons. The predicted molar refractivity (Wildman–Crippen MR) is 71.9 cm³/mol. The zero-order chi connectivity index (χ0) is 13.7. The Labute approximate surface area is 115 Å². The predicted octanol–water partition coefficient (Wildman–Crippen LogP) is 1.52. The molecule has 0 aliphatic carbocycles. The molecule has 2 aromatic rings. The van der Waals surface area contributed by atoms with Gasteiger partial charge in [0.15, 0.2) is 0 Å². The van der Waals surface area contributed by atoms with Crippen molar-refractivity contribution in [3.05, 3.63) is 47.4 Å². The van der Waals surface area contributed by atoms with Gasteiger partial charge in [-0.3, -0.25) is 4.79 Å². The van der Waals surface area contributed by atoms with E-state index >= 15 is 0 Å². The van der Waals surface area contributed by atoms with Crippen molar-refractivity contribution in [1.29, 1.82) is 0 Å². The van der Waals surface area contributed by atoms with Gasteiger partial charge in [-0.05, 0) is 18.2 Å². The molecular formula is C13H12ClN3O2. The molecule has 0 saturated carbocycles. The Kier molecular flexibility index (Phi) is 4.43. The zero-order valence-electron chi connectivity index (χ0n) is 10.0. The summed E-state index contributed by atoms with van der Waals surface area (Å²) in [6.45, 7) is 0.0767. The van der Waals surface area contributed by atoms with Gasteiger partial charge in [0, 0.05) is 17.1 Å². The molecule has 2 rings (SSSR count). The van der Waals surface area contributed by atoms with E-state index in [0.717, 1.165) is 5.56 Å². The summed E-state index contributed by atoms with van der Waals surface area (Å²) in [6, 6.07) is 8.77. The number of nitrogens with one attached hydrogen (secondary N) is 1. The smallest absolute Gasteiger partial charge is 0.270 e. The lowest BCUT2D eigenvalue weighted by Crippen LogP contribution is -2.27. The number of hydrogen-bond donors (Lipinski definition) is 2. The van der Waals surface area contributed by atoms with E-state index in [2.05, 4.69) is 15.3 Å². The lowest BCUT2D eigenvalue weighted by atomic mass is 10.1. The maximum atomic E-state index is 11.7. The number of aliphatic hydroxyl groups excluding tert-OH is 1. The van der Waals surface area contributed by atoms with E-state index in [4.69, 9.17) is 16.7 Å². The molecule has 0 aliphatic rings. The molecule has 0 saturated heterocycles. The van der Waals surface area contributed by atoms with Crippen LogP contribution >= 0.6 is 11.6 Å². The molecule has 5 nitrogen and oxygen atoms in total. The topological polar surface area (TPSA) is 75.1 Å². The molecule has 1 heterocycles. The summed E-state index contributed by atoms with van der Waals surface area (Å²) in [7, 11) is 0. The van der Waals surface area contributed by atoms with Crippen LogP contribution in [0.5, 0.6) is 0 Å². The van der Waals surface area contributed by atoms with Crippen LogP contribution in [0.3, 0.4) is 0 Å². The molecule has 1 amide bonds. The molecule has 0 fully saturated rings. The monoisotopic (exact) mass is 277 g/mol. The number of rotatable bonds is 4. The molecule has 0 atom stereocenters. The summed E-state index contributed by atoms with van der Waals surface area (Å²) in [6.07, 6.45) is 1.32. The number of halogens is 1. The number of carbonyl (C=O) groups is 1. The van der Waals surface area contributed by atoms with Gasteiger partial charge in [0.1, 0.15) is 12.0 Å². The molecule has 1 aromatic heterocycles. The summed E-state index contributed by atoms with van der Waals surface area (Å²) >= 11 is 5.92. The third-order valence-corrected chi connectivity index (χ3v) is 2.65. The molecule has 0 aliphatic heterocycles. The minimum Gasteiger partial charge on any atom is -0.395 e. The highest BCUT2D eigenvalue weighted by molar-refractivity contribution is 6.30. The number of benzene rings is 1. The van der Waals surface area contributed by atoms with E-state index in [9.17, 15) is 4.79 Å². The van der Waals surface area contributed by atoms with Crippen LogP contribution in [0, 0.1) is 0 Å². The van der Waals surface area contributed by atoms with Gasteiger partial charge in [0.25, 0.3) is 5.91 Å². The van der Waals surface area contributed by atoms with Gasteiger partial charge in [-0.25, -0.2) is 9.97 Å². The first-order chi connectivity index (χ1) is 9.20. The summed E-state index contributed by atoms with van der Waals surface area (Å²) in [4.78, 5) is 19.7. The quantitative estimate of drug-likeness (QED) is 0.888. The van der Waals surface area contributed by atoms with Crippen LogP contribution in [-0.2, 0) is 0 Å². The van der Waals surface area contributed by atoms with Gasteiger partial charge >= 0.3 is 0 Å². The van der Waals surface area contributed by atoms with Crippen molar-refractivity contribution in [3.63, 3.8) is 0 Å². The minimum absolute atomic E-state index is 0.113. The van der Waals surface area contributed by atoms with Crippen molar-refractivity contribution in [1.82, 2.24) is 15.3 Å². The summed E-state index contributed by atoms with van der Waals surface area (Å²) < 4.78 is 0. The van der Waals surface area contributed by atoms with Gasteiger partial charge in [0.05, 0.1) is 12.3 Å². The Morgan fingerprint density at radius 3 is 2.89 bits per heavy atom. The fraction of sp³-hybridized carbons (Fsp3) is 0.154. The highest BCUT2D eigenvalue weighted by Gasteiger charge is 2.09. The first-order valence-corrected chi connectivity index (χ1v) is 6.05.